The van der Waals surface area contributed by atoms with Crippen LogP contribution in [0.5, 0.6) is 5.75 Å². The van der Waals surface area contributed by atoms with Crippen molar-refractivity contribution >= 4 is 34.1 Å². The van der Waals surface area contributed by atoms with Gasteiger partial charge in [-0.1, -0.05) is 36.4 Å². The van der Waals surface area contributed by atoms with Crippen LogP contribution in [-0.4, -0.2) is 18.5 Å². The first-order valence-electron chi connectivity index (χ1n) is 8.71. The number of urea groups is 1. The molecule has 3 amide bonds. The summed E-state index contributed by atoms with van der Waals surface area (Å²) in [5, 5.41) is 10.7. The Morgan fingerprint density at radius 1 is 1.07 bits per heavy atom. The van der Waals surface area contributed by atoms with Gasteiger partial charge in [0.05, 0.1) is 11.7 Å². The SMILES string of the molecule is CC(NC(=O)Nc1ccc2ccccc2c1)c1ccc2c(c1)NC(=O)CO2. The Labute approximate surface area is 156 Å². The van der Waals surface area contributed by atoms with Crippen molar-refractivity contribution in [2.45, 2.75) is 13.0 Å². The van der Waals surface area contributed by atoms with Crippen molar-refractivity contribution < 1.29 is 14.3 Å². The standard InChI is InChI=1S/C21H19N3O3/c1-13(15-7-9-19-18(11-15)24-20(25)12-27-19)22-21(26)23-17-8-6-14-4-2-3-5-16(14)10-17/h2-11,13H,12H2,1H3,(H,24,25)(H2,22,23,26). The Kier molecular flexibility index (Phi) is 4.38. The van der Waals surface area contributed by atoms with Crippen molar-refractivity contribution in [1.29, 1.82) is 0 Å². The van der Waals surface area contributed by atoms with Crippen LogP contribution in [0.3, 0.4) is 0 Å². The Balaban J connectivity index is 1.44. The fourth-order valence-electron chi connectivity index (χ4n) is 3.08. The van der Waals surface area contributed by atoms with E-state index in [2.05, 4.69) is 16.0 Å². The second-order valence-electron chi connectivity index (χ2n) is 6.47. The smallest absolute Gasteiger partial charge is 0.319 e. The molecule has 1 heterocycles. The van der Waals surface area contributed by atoms with Crippen LogP contribution in [0, 0.1) is 0 Å². The molecule has 1 atom stereocenters. The van der Waals surface area contributed by atoms with Crippen LogP contribution in [0.1, 0.15) is 18.5 Å². The lowest BCUT2D eigenvalue weighted by atomic mass is 10.1. The van der Waals surface area contributed by atoms with E-state index in [9.17, 15) is 9.59 Å². The molecule has 0 saturated carbocycles. The number of carbonyl (C=O) groups excluding carboxylic acids is 2. The lowest BCUT2D eigenvalue weighted by Gasteiger charge is -2.21. The van der Waals surface area contributed by atoms with Crippen LogP contribution in [-0.2, 0) is 4.79 Å². The van der Waals surface area contributed by atoms with E-state index in [0.29, 0.717) is 11.4 Å². The van der Waals surface area contributed by atoms with Gasteiger partial charge >= 0.3 is 6.03 Å². The van der Waals surface area contributed by atoms with Gasteiger partial charge in [-0.05, 0) is 47.5 Å². The van der Waals surface area contributed by atoms with E-state index >= 15 is 0 Å². The summed E-state index contributed by atoms with van der Waals surface area (Å²) < 4.78 is 5.35. The number of carbonyl (C=O) groups is 2. The van der Waals surface area contributed by atoms with Gasteiger partial charge in [-0.25, -0.2) is 4.79 Å². The molecule has 3 N–H and O–H groups in total. The van der Waals surface area contributed by atoms with Crippen molar-refractivity contribution in [2.75, 3.05) is 17.2 Å². The minimum Gasteiger partial charge on any atom is -0.482 e. The van der Waals surface area contributed by atoms with Gasteiger partial charge in [-0.15, -0.1) is 0 Å². The Bertz CT molecular complexity index is 1030. The second kappa shape index (κ2) is 6.99. The number of ether oxygens (including phenoxy) is 1. The molecule has 1 aliphatic rings. The van der Waals surface area contributed by atoms with E-state index in [1.807, 2.05) is 61.5 Å². The monoisotopic (exact) mass is 361 g/mol. The first-order chi connectivity index (χ1) is 13.1. The first kappa shape index (κ1) is 16.9. The highest BCUT2D eigenvalue weighted by Gasteiger charge is 2.18. The maximum atomic E-state index is 12.4. The molecule has 1 aliphatic heterocycles. The number of nitrogens with one attached hydrogen (secondary N) is 3. The molecule has 6 nitrogen and oxygen atoms in total. The van der Waals surface area contributed by atoms with Crippen LogP contribution in [0.25, 0.3) is 10.8 Å². The summed E-state index contributed by atoms with van der Waals surface area (Å²) in [6.07, 6.45) is 0. The molecule has 0 fully saturated rings. The number of fused-ring (bicyclic) bond motifs is 2. The zero-order chi connectivity index (χ0) is 18.8. The number of rotatable bonds is 3. The van der Waals surface area contributed by atoms with E-state index in [1.165, 1.54) is 0 Å². The third-order valence-corrected chi connectivity index (χ3v) is 4.49. The van der Waals surface area contributed by atoms with Crippen LogP contribution >= 0.6 is 0 Å². The molecule has 3 aromatic rings. The van der Waals surface area contributed by atoms with E-state index in [-0.39, 0.29) is 24.6 Å². The normalized spacial score (nSPS) is 13.9. The van der Waals surface area contributed by atoms with Gasteiger partial charge in [0.15, 0.2) is 6.61 Å². The Morgan fingerprint density at radius 2 is 1.89 bits per heavy atom. The van der Waals surface area contributed by atoms with Crippen molar-refractivity contribution in [3.8, 4) is 5.75 Å². The van der Waals surface area contributed by atoms with E-state index < -0.39 is 0 Å². The van der Waals surface area contributed by atoms with Crippen LogP contribution in [0.15, 0.2) is 60.7 Å². The lowest BCUT2D eigenvalue weighted by Crippen LogP contribution is -2.31. The van der Waals surface area contributed by atoms with Gasteiger partial charge in [0.1, 0.15) is 5.75 Å². The summed E-state index contributed by atoms with van der Waals surface area (Å²) in [7, 11) is 0. The highest BCUT2D eigenvalue weighted by Crippen LogP contribution is 2.30. The Hall–Kier alpha value is -3.54. The molecule has 3 aromatic carbocycles. The maximum Gasteiger partial charge on any atom is 0.319 e. The number of anilines is 2. The highest BCUT2D eigenvalue weighted by atomic mass is 16.5. The number of hydrogen-bond acceptors (Lipinski definition) is 3. The van der Waals surface area contributed by atoms with Crippen LogP contribution < -0.4 is 20.7 Å². The van der Waals surface area contributed by atoms with Crippen molar-refractivity contribution in [2.24, 2.45) is 0 Å². The summed E-state index contributed by atoms with van der Waals surface area (Å²) in [5.41, 5.74) is 2.21. The molecule has 27 heavy (non-hydrogen) atoms. The molecular weight excluding hydrogens is 342 g/mol. The van der Waals surface area contributed by atoms with E-state index in [0.717, 1.165) is 22.0 Å². The largest absolute Gasteiger partial charge is 0.482 e. The minimum absolute atomic E-state index is 0.0221. The molecule has 6 heteroatoms. The molecule has 0 bridgehead atoms. The number of amides is 3. The highest BCUT2D eigenvalue weighted by molar-refractivity contribution is 5.96. The van der Waals surface area contributed by atoms with Gasteiger partial charge in [-0.3, -0.25) is 4.79 Å². The van der Waals surface area contributed by atoms with Gasteiger partial charge < -0.3 is 20.7 Å². The molecule has 0 saturated heterocycles. The predicted octanol–water partition coefficient (Wildman–Crippen LogP) is 4.05. The zero-order valence-corrected chi connectivity index (χ0v) is 14.8. The average Bonchev–Trinajstić information content (AvgIpc) is 2.67. The summed E-state index contributed by atoms with van der Waals surface area (Å²) >= 11 is 0. The summed E-state index contributed by atoms with van der Waals surface area (Å²) in [4.78, 5) is 23.8. The van der Waals surface area contributed by atoms with Crippen molar-refractivity contribution in [1.82, 2.24) is 5.32 Å². The maximum absolute atomic E-state index is 12.4. The zero-order valence-electron chi connectivity index (χ0n) is 14.8. The summed E-state index contributed by atoms with van der Waals surface area (Å²) in [6, 6.07) is 18.7. The minimum atomic E-state index is -0.296. The fourth-order valence-corrected chi connectivity index (χ4v) is 3.08. The molecule has 136 valence electrons. The first-order valence-corrected chi connectivity index (χ1v) is 8.71. The molecule has 0 aromatic heterocycles. The van der Waals surface area contributed by atoms with Crippen LogP contribution in [0.2, 0.25) is 0 Å². The predicted molar refractivity (Wildman–Crippen MR) is 105 cm³/mol. The molecule has 1 unspecified atom stereocenters. The van der Waals surface area contributed by atoms with Gasteiger partial charge in [-0.2, -0.15) is 0 Å². The van der Waals surface area contributed by atoms with E-state index in [1.54, 1.807) is 6.07 Å². The molecular formula is C21H19N3O3. The Morgan fingerprint density at radius 3 is 2.74 bits per heavy atom. The van der Waals surface area contributed by atoms with Crippen LogP contribution in [0.4, 0.5) is 16.2 Å². The molecule has 4 rings (SSSR count). The lowest BCUT2D eigenvalue weighted by molar-refractivity contribution is -0.118. The van der Waals surface area contributed by atoms with Crippen molar-refractivity contribution in [3.63, 3.8) is 0 Å². The molecule has 0 spiro atoms. The van der Waals surface area contributed by atoms with Gasteiger partial charge in [0.25, 0.3) is 5.91 Å². The quantitative estimate of drug-likeness (QED) is 0.658. The topological polar surface area (TPSA) is 79.5 Å². The number of benzene rings is 3. The number of hydrogen-bond donors (Lipinski definition) is 3. The second-order valence-corrected chi connectivity index (χ2v) is 6.47. The van der Waals surface area contributed by atoms with Gasteiger partial charge in [0, 0.05) is 5.69 Å². The van der Waals surface area contributed by atoms with Crippen molar-refractivity contribution in [3.05, 3.63) is 66.2 Å². The molecule has 0 radical (unpaired) electrons. The summed E-state index contributed by atoms with van der Waals surface area (Å²) in [5.74, 6) is 0.445. The fraction of sp³-hybridized carbons (Fsp3) is 0.143. The third kappa shape index (κ3) is 3.69. The third-order valence-electron chi connectivity index (χ3n) is 4.49. The molecule has 0 aliphatic carbocycles. The van der Waals surface area contributed by atoms with Gasteiger partial charge in [0.2, 0.25) is 0 Å². The summed E-state index contributed by atoms with van der Waals surface area (Å²) in [6.45, 7) is 1.90. The average molecular weight is 361 g/mol. The van der Waals surface area contributed by atoms with E-state index in [4.69, 9.17) is 4.74 Å².